The van der Waals surface area contributed by atoms with Crippen LogP contribution in [0.15, 0.2) is 167 Å². The van der Waals surface area contributed by atoms with Gasteiger partial charge in [0.05, 0.1) is 10.2 Å². The number of thiophene rings is 1. The van der Waals surface area contributed by atoms with E-state index in [1.54, 1.807) is 0 Å². The summed E-state index contributed by atoms with van der Waals surface area (Å²) in [5, 5.41) is 9.32. The highest BCUT2D eigenvalue weighted by molar-refractivity contribution is 7.17. The predicted octanol–water partition coefficient (Wildman–Crippen LogP) is 14.3. The van der Waals surface area contributed by atoms with Crippen LogP contribution in [0.5, 0.6) is 0 Å². The zero-order valence-corrected chi connectivity index (χ0v) is 33.5. The molecule has 13 rings (SSSR count). The normalized spacial score (nSPS) is 14.4. The zero-order chi connectivity index (χ0) is 39.0. The molecule has 280 valence electrons. The molecule has 3 heterocycles. The third-order valence-corrected chi connectivity index (χ3v) is 14.4. The Balaban J connectivity index is 1.15. The van der Waals surface area contributed by atoms with Gasteiger partial charge in [0.2, 0.25) is 0 Å². The van der Waals surface area contributed by atoms with E-state index >= 15 is 0 Å². The molecule has 0 saturated heterocycles. The fourth-order valence-electron chi connectivity index (χ4n) is 10.4. The molecule has 3 nitrogen and oxygen atoms in total. The lowest BCUT2D eigenvalue weighted by molar-refractivity contribution is 0.660. The van der Waals surface area contributed by atoms with Gasteiger partial charge in [0.15, 0.2) is 5.58 Å². The van der Waals surface area contributed by atoms with Crippen LogP contribution in [-0.4, -0.2) is 0 Å². The van der Waals surface area contributed by atoms with E-state index < -0.39 is 0 Å². The van der Waals surface area contributed by atoms with Gasteiger partial charge in [0.25, 0.3) is 0 Å². The average molecular weight is 776 g/mol. The first-order valence-electron chi connectivity index (χ1n) is 20.6. The summed E-state index contributed by atoms with van der Waals surface area (Å²) in [6.07, 6.45) is 4.32. The average Bonchev–Trinajstić information content (AvgIpc) is 4.02. The molecule has 8 aromatic carbocycles. The Kier molecular flexibility index (Phi) is 6.78. The molecule has 11 aromatic rings. The first-order valence-corrected chi connectivity index (χ1v) is 21.4. The smallest absolute Gasteiger partial charge is 0.159 e. The number of anilines is 2. The van der Waals surface area contributed by atoms with E-state index in [0.717, 1.165) is 79.2 Å². The number of nitrogens with zero attached hydrogens (tertiary/aromatic N) is 1. The topological polar surface area (TPSA) is 29.5 Å². The Labute approximate surface area is 344 Å². The minimum atomic E-state index is -0.142. The summed E-state index contributed by atoms with van der Waals surface area (Å²) in [5.41, 5.74) is 14.4. The van der Waals surface area contributed by atoms with Crippen molar-refractivity contribution in [3.05, 3.63) is 179 Å². The molecular formula is C55H37NO2S. The zero-order valence-electron chi connectivity index (χ0n) is 32.7. The van der Waals surface area contributed by atoms with Crippen molar-refractivity contribution in [3.63, 3.8) is 0 Å². The van der Waals surface area contributed by atoms with Gasteiger partial charge in [-0.25, -0.2) is 0 Å². The first-order chi connectivity index (χ1) is 29.0. The second-order valence-electron chi connectivity index (χ2n) is 16.6. The molecule has 0 atom stereocenters. The Hall–Kier alpha value is -6.88. The van der Waals surface area contributed by atoms with Gasteiger partial charge in [-0.15, -0.1) is 11.3 Å². The van der Waals surface area contributed by atoms with Gasteiger partial charge in [-0.2, -0.15) is 0 Å². The Morgan fingerprint density at radius 1 is 0.559 bits per heavy atom. The Morgan fingerprint density at radius 3 is 2.22 bits per heavy atom. The summed E-state index contributed by atoms with van der Waals surface area (Å²) >= 11 is 1.90. The van der Waals surface area contributed by atoms with E-state index in [0.29, 0.717) is 0 Å². The quantitative estimate of drug-likeness (QED) is 0.178. The van der Waals surface area contributed by atoms with Crippen LogP contribution in [0.1, 0.15) is 37.8 Å². The van der Waals surface area contributed by atoms with Gasteiger partial charge in [0, 0.05) is 54.0 Å². The molecule has 2 aliphatic rings. The molecule has 0 unspecified atom stereocenters. The molecule has 0 saturated carbocycles. The van der Waals surface area contributed by atoms with Crippen molar-refractivity contribution in [3.8, 4) is 22.3 Å². The number of rotatable bonds is 4. The number of fused-ring (bicyclic) bond motifs is 13. The third-order valence-electron chi connectivity index (χ3n) is 13.1. The Bertz CT molecular complexity index is 3720. The molecule has 0 amide bonds. The van der Waals surface area contributed by atoms with Crippen LogP contribution in [0.2, 0.25) is 0 Å². The van der Waals surface area contributed by atoms with Gasteiger partial charge in [-0.1, -0.05) is 141 Å². The van der Waals surface area contributed by atoms with Crippen molar-refractivity contribution in [2.45, 2.75) is 32.1 Å². The van der Waals surface area contributed by atoms with E-state index in [2.05, 4.69) is 176 Å². The lowest BCUT2D eigenvalue weighted by atomic mass is 9.82. The van der Waals surface area contributed by atoms with Crippen molar-refractivity contribution >= 4 is 99.2 Å². The van der Waals surface area contributed by atoms with E-state index in [1.807, 2.05) is 17.4 Å². The fraction of sp³-hybridized carbons (Fsp3) is 0.0909. The Morgan fingerprint density at radius 2 is 1.29 bits per heavy atom. The molecule has 0 fully saturated rings. The van der Waals surface area contributed by atoms with Gasteiger partial charge < -0.3 is 13.7 Å². The maximum Gasteiger partial charge on any atom is 0.159 e. The lowest BCUT2D eigenvalue weighted by Crippen LogP contribution is -2.32. The summed E-state index contributed by atoms with van der Waals surface area (Å²) in [7, 11) is 0. The van der Waals surface area contributed by atoms with Crippen molar-refractivity contribution < 1.29 is 8.83 Å². The SMILES string of the molecule is CC1(C)c2ccccc2-c2ccc(N(C3=c4sc5ccccc5c4=CCC3)c3cccc4c3oc3c(-c5cccc6ccccc56)c5c(cc34)oc3ccccc35)cc21. The van der Waals surface area contributed by atoms with E-state index in [1.165, 1.54) is 58.6 Å². The summed E-state index contributed by atoms with van der Waals surface area (Å²) in [6, 6.07) is 57.4. The van der Waals surface area contributed by atoms with Crippen LogP contribution >= 0.6 is 11.3 Å². The van der Waals surface area contributed by atoms with Crippen molar-refractivity contribution in [1.29, 1.82) is 0 Å². The summed E-state index contributed by atoms with van der Waals surface area (Å²) in [4.78, 5) is 2.53. The minimum absolute atomic E-state index is 0.142. The van der Waals surface area contributed by atoms with Crippen molar-refractivity contribution in [2.75, 3.05) is 4.90 Å². The minimum Gasteiger partial charge on any atom is -0.456 e. The van der Waals surface area contributed by atoms with E-state index in [-0.39, 0.29) is 5.41 Å². The maximum absolute atomic E-state index is 7.47. The molecule has 3 aromatic heterocycles. The van der Waals surface area contributed by atoms with Crippen molar-refractivity contribution in [1.82, 2.24) is 0 Å². The summed E-state index contributed by atoms with van der Waals surface area (Å²) in [6.45, 7) is 4.74. The second-order valence-corrected chi connectivity index (χ2v) is 17.7. The van der Waals surface area contributed by atoms with Crippen LogP contribution in [0.3, 0.4) is 0 Å². The third kappa shape index (κ3) is 4.58. The predicted molar refractivity (Wildman–Crippen MR) is 248 cm³/mol. The fourth-order valence-corrected chi connectivity index (χ4v) is 11.7. The standard InChI is InChI=1S/C55H37NO2S/c1-55(2)43-23-8-5-17-35(43)36-29-28-33(30-44(36)55)56(46-25-13-22-40-37-18-7-10-27-49(37)59-54(40)46)45-24-12-21-39-42-31-48-50(41-19-6-9-26-47(41)57-48)51(53(42)58-52(39)45)38-20-11-15-32-14-3-4-16-34(32)38/h3-12,14-24,26-31H,13,25H2,1-2H3. The van der Waals surface area contributed by atoms with E-state index in [9.17, 15) is 0 Å². The number of hydrogen-bond donors (Lipinski definition) is 0. The van der Waals surface area contributed by atoms with Crippen LogP contribution in [-0.2, 0) is 5.41 Å². The molecule has 4 heteroatoms. The molecule has 59 heavy (non-hydrogen) atoms. The monoisotopic (exact) mass is 775 g/mol. The number of hydrogen-bond acceptors (Lipinski definition) is 4. The molecule has 0 spiro atoms. The highest BCUT2D eigenvalue weighted by Gasteiger charge is 2.36. The molecular weight excluding hydrogens is 739 g/mol. The van der Waals surface area contributed by atoms with Gasteiger partial charge in [-0.3, -0.25) is 0 Å². The maximum atomic E-state index is 7.47. The lowest BCUT2D eigenvalue weighted by Gasteiger charge is -2.30. The van der Waals surface area contributed by atoms with Gasteiger partial charge in [-0.05, 0) is 93.0 Å². The molecule has 0 radical (unpaired) electrons. The summed E-state index contributed by atoms with van der Waals surface area (Å²) < 4.78 is 16.8. The van der Waals surface area contributed by atoms with Gasteiger partial charge in [0.1, 0.15) is 16.7 Å². The van der Waals surface area contributed by atoms with E-state index in [4.69, 9.17) is 8.83 Å². The second kappa shape index (κ2) is 12.1. The molecule has 0 aliphatic heterocycles. The van der Waals surface area contributed by atoms with Crippen LogP contribution in [0.4, 0.5) is 11.4 Å². The largest absolute Gasteiger partial charge is 0.456 e. The van der Waals surface area contributed by atoms with Crippen LogP contribution in [0, 0.1) is 0 Å². The highest BCUT2D eigenvalue weighted by atomic mass is 32.1. The van der Waals surface area contributed by atoms with Gasteiger partial charge >= 0.3 is 0 Å². The van der Waals surface area contributed by atoms with Crippen LogP contribution < -0.4 is 14.7 Å². The number of para-hydroxylation sites is 2. The highest BCUT2D eigenvalue weighted by Crippen LogP contribution is 2.52. The number of benzene rings is 8. The molecule has 2 aliphatic carbocycles. The summed E-state index contributed by atoms with van der Waals surface area (Å²) in [5.74, 6) is 0. The van der Waals surface area contributed by atoms with Crippen molar-refractivity contribution in [2.24, 2.45) is 0 Å². The molecule has 0 N–H and O–H groups in total. The molecule has 0 bridgehead atoms. The first kappa shape index (κ1) is 33.1. The van der Waals surface area contributed by atoms with Crippen LogP contribution in [0.25, 0.3) is 98.8 Å². The number of furan rings is 2.